The minimum absolute atomic E-state index is 0.141. The maximum Gasteiger partial charge on any atom is 0.332 e. The fourth-order valence-corrected chi connectivity index (χ4v) is 4.87. The van der Waals surface area contributed by atoms with Gasteiger partial charge in [-0.15, -0.1) is 11.3 Å². The number of amides is 1. The lowest BCUT2D eigenvalue weighted by Gasteiger charge is -2.09. The number of aromatic nitrogens is 4. The Balaban J connectivity index is 1.66. The van der Waals surface area contributed by atoms with Gasteiger partial charge in [-0.25, -0.2) is 9.78 Å². The lowest BCUT2D eigenvalue weighted by molar-refractivity contribution is -0.116. The Kier molecular flexibility index (Phi) is 4.39. The Bertz CT molecular complexity index is 1270. The standard InChI is InChI=1S/C18H18N6O3S/c1-22-15-14(17(26)23(2)18(22)27)24(9-20-15)8-13(25)21-16-11(7-19)10-5-3-4-6-12(10)28-16/h9H,3-6,8H2,1-2H3,(H,21,25). The largest absolute Gasteiger partial charge is 0.332 e. The van der Waals surface area contributed by atoms with Gasteiger partial charge in [0, 0.05) is 19.0 Å². The third-order valence-electron chi connectivity index (χ3n) is 5.07. The fourth-order valence-electron chi connectivity index (χ4n) is 3.61. The molecule has 1 aliphatic rings. The van der Waals surface area contributed by atoms with Crippen molar-refractivity contribution in [3.05, 3.63) is 43.2 Å². The molecule has 0 unspecified atom stereocenters. The van der Waals surface area contributed by atoms with Crippen LogP contribution in [0.1, 0.15) is 28.8 Å². The average Bonchev–Trinajstić information content (AvgIpc) is 3.25. The van der Waals surface area contributed by atoms with Gasteiger partial charge < -0.3 is 9.88 Å². The molecule has 1 aliphatic carbocycles. The quantitative estimate of drug-likeness (QED) is 0.703. The highest BCUT2D eigenvalue weighted by Crippen LogP contribution is 2.37. The van der Waals surface area contributed by atoms with Gasteiger partial charge >= 0.3 is 5.69 Å². The summed E-state index contributed by atoms with van der Waals surface area (Å²) in [5, 5.41) is 12.9. The van der Waals surface area contributed by atoms with Crippen molar-refractivity contribution < 1.29 is 4.79 Å². The van der Waals surface area contributed by atoms with Crippen molar-refractivity contribution >= 4 is 33.4 Å². The van der Waals surface area contributed by atoms with Crippen LogP contribution in [0.25, 0.3) is 11.2 Å². The third kappa shape index (κ3) is 2.75. The van der Waals surface area contributed by atoms with Crippen molar-refractivity contribution in [1.29, 1.82) is 5.26 Å². The fraction of sp³-hybridized carbons (Fsp3) is 0.389. The molecule has 10 heteroatoms. The predicted molar refractivity (Wildman–Crippen MR) is 105 cm³/mol. The number of anilines is 1. The maximum atomic E-state index is 12.6. The first kappa shape index (κ1) is 18.2. The topological polar surface area (TPSA) is 115 Å². The summed E-state index contributed by atoms with van der Waals surface area (Å²) in [4.78, 5) is 42.4. The van der Waals surface area contributed by atoms with Crippen LogP contribution in [0, 0.1) is 11.3 Å². The number of fused-ring (bicyclic) bond motifs is 2. The van der Waals surface area contributed by atoms with E-state index in [2.05, 4.69) is 16.4 Å². The van der Waals surface area contributed by atoms with Gasteiger partial charge in [0.1, 0.15) is 17.6 Å². The molecule has 0 saturated carbocycles. The van der Waals surface area contributed by atoms with Crippen molar-refractivity contribution in [3.8, 4) is 6.07 Å². The molecular weight excluding hydrogens is 380 g/mol. The van der Waals surface area contributed by atoms with Crippen LogP contribution in [-0.2, 0) is 38.3 Å². The number of hydrogen-bond acceptors (Lipinski definition) is 6. The van der Waals surface area contributed by atoms with Crippen LogP contribution in [0.5, 0.6) is 0 Å². The van der Waals surface area contributed by atoms with Gasteiger partial charge in [-0.2, -0.15) is 5.26 Å². The molecule has 1 amide bonds. The van der Waals surface area contributed by atoms with E-state index in [1.54, 1.807) is 0 Å². The zero-order valence-corrected chi connectivity index (χ0v) is 16.3. The van der Waals surface area contributed by atoms with Crippen LogP contribution in [0.3, 0.4) is 0 Å². The number of rotatable bonds is 3. The first-order valence-electron chi connectivity index (χ1n) is 8.87. The highest BCUT2D eigenvalue weighted by atomic mass is 32.1. The minimum atomic E-state index is -0.507. The molecule has 0 bridgehead atoms. The van der Waals surface area contributed by atoms with Gasteiger partial charge in [0.05, 0.1) is 11.9 Å². The summed E-state index contributed by atoms with van der Waals surface area (Å²) < 4.78 is 3.68. The third-order valence-corrected chi connectivity index (χ3v) is 6.27. The summed E-state index contributed by atoms with van der Waals surface area (Å²) in [5.41, 5.74) is 1.02. The molecular formula is C18H18N6O3S. The molecule has 0 spiro atoms. The number of nitrogens with zero attached hydrogens (tertiary/aromatic N) is 5. The number of hydrogen-bond donors (Lipinski definition) is 1. The van der Waals surface area contributed by atoms with E-state index < -0.39 is 11.2 Å². The van der Waals surface area contributed by atoms with Crippen LogP contribution >= 0.6 is 11.3 Å². The molecule has 4 rings (SSSR count). The summed E-state index contributed by atoms with van der Waals surface area (Å²) >= 11 is 1.45. The van der Waals surface area contributed by atoms with Gasteiger partial charge in [-0.1, -0.05) is 0 Å². The first-order chi connectivity index (χ1) is 13.4. The molecule has 0 fully saturated rings. The highest BCUT2D eigenvalue weighted by Gasteiger charge is 2.22. The number of nitrogens with one attached hydrogen (secondary N) is 1. The predicted octanol–water partition coefficient (Wildman–Crippen LogP) is 0.884. The van der Waals surface area contributed by atoms with Gasteiger partial charge in [-0.3, -0.25) is 18.7 Å². The van der Waals surface area contributed by atoms with Crippen LogP contribution in [0.15, 0.2) is 15.9 Å². The summed E-state index contributed by atoms with van der Waals surface area (Å²) in [6.45, 7) is -0.141. The highest BCUT2D eigenvalue weighted by molar-refractivity contribution is 7.16. The van der Waals surface area contributed by atoms with E-state index in [1.165, 1.54) is 40.9 Å². The Labute approximate surface area is 163 Å². The second-order valence-corrected chi connectivity index (χ2v) is 7.93. The van der Waals surface area contributed by atoms with Crippen LogP contribution in [-0.4, -0.2) is 24.6 Å². The van der Waals surface area contributed by atoms with E-state index in [4.69, 9.17) is 0 Å². The number of carbonyl (C=O) groups is 1. The Morgan fingerprint density at radius 2 is 2.04 bits per heavy atom. The zero-order valence-electron chi connectivity index (χ0n) is 15.5. The van der Waals surface area contributed by atoms with E-state index >= 15 is 0 Å². The van der Waals surface area contributed by atoms with Gasteiger partial charge in [0.15, 0.2) is 11.2 Å². The van der Waals surface area contributed by atoms with Crippen molar-refractivity contribution in [2.75, 3.05) is 5.32 Å². The Hall–Kier alpha value is -3.19. The second-order valence-electron chi connectivity index (χ2n) is 6.83. The molecule has 0 atom stereocenters. The molecule has 144 valence electrons. The SMILES string of the molecule is Cn1c(=O)c2c(ncn2CC(=O)Nc2sc3c(c2C#N)CCCC3)n(C)c1=O. The second kappa shape index (κ2) is 6.76. The molecule has 0 aromatic carbocycles. The van der Waals surface area contributed by atoms with Gasteiger partial charge in [-0.05, 0) is 31.2 Å². The first-order valence-corrected chi connectivity index (χ1v) is 9.69. The Morgan fingerprint density at radius 3 is 2.79 bits per heavy atom. The van der Waals surface area contributed by atoms with Crippen molar-refractivity contribution in [2.24, 2.45) is 14.1 Å². The van der Waals surface area contributed by atoms with Crippen molar-refractivity contribution in [2.45, 2.75) is 32.2 Å². The van der Waals surface area contributed by atoms with Gasteiger partial charge in [0.25, 0.3) is 5.56 Å². The number of carbonyl (C=O) groups excluding carboxylic acids is 1. The number of aryl methyl sites for hydroxylation is 2. The van der Waals surface area contributed by atoms with Crippen LogP contribution < -0.4 is 16.6 Å². The molecule has 3 heterocycles. The van der Waals surface area contributed by atoms with E-state index in [-0.39, 0.29) is 23.6 Å². The smallest absolute Gasteiger partial charge is 0.315 e. The molecule has 9 nitrogen and oxygen atoms in total. The summed E-state index contributed by atoms with van der Waals surface area (Å²) in [7, 11) is 2.91. The lowest BCUT2D eigenvalue weighted by atomic mass is 9.96. The van der Waals surface area contributed by atoms with E-state index in [0.29, 0.717) is 10.6 Å². The molecule has 0 aliphatic heterocycles. The molecule has 0 saturated heterocycles. The number of thiophene rings is 1. The average molecular weight is 398 g/mol. The summed E-state index contributed by atoms with van der Waals surface area (Å²) in [6, 6.07) is 2.21. The van der Waals surface area contributed by atoms with E-state index in [0.717, 1.165) is 40.7 Å². The lowest BCUT2D eigenvalue weighted by Crippen LogP contribution is -2.37. The van der Waals surface area contributed by atoms with E-state index in [1.807, 2.05) is 0 Å². The molecule has 3 aromatic heterocycles. The molecule has 0 radical (unpaired) electrons. The summed E-state index contributed by atoms with van der Waals surface area (Å²) in [6.07, 6.45) is 5.31. The van der Waals surface area contributed by atoms with E-state index in [9.17, 15) is 19.6 Å². The Morgan fingerprint density at radius 1 is 1.29 bits per heavy atom. The number of nitriles is 1. The monoisotopic (exact) mass is 398 g/mol. The molecule has 3 aromatic rings. The van der Waals surface area contributed by atoms with Crippen molar-refractivity contribution in [3.63, 3.8) is 0 Å². The molecule has 28 heavy (non-hydrogen) atoms. The minimum Gasteiger partial charge on any atom is -0.315 e. The summed E-state index contributed by atoms with van der Waals surface area (Å²) in [5.74, 6) is -0.356. The maximum absolute atomic E-state index is 12.6. The normalized spacial score (nSPS) is 13.3. The number of imidazole rings is 1. The van der Waals surface area contributed by atoms with Crippen LogP contribution in [0.2, 0.25) is 0 Å². The zero-order chi connectivity index (χ0) is 20.0. The van der Waals surface area contributed by atoms with Gasteiger partial charge in [0.2, 0.25) is 5.91 Å². The van der Waals surface area contributed by atoms with Crippen LogP contribution in [0.4, 0.5) is 5.00 Å². The van der Waals surface area contributed by atoms with Crippen molar-refractivity contribution in [1.82, 2.24) is 18.7 Å². The molecule has 1 N–H and O–H groups in total.